The Morgan fingerprint density at radius 3 is 2.46 bits per heavy atom. The van der Waals surface area contributed by atoms with Gasteiger partial charge in [0, 0.05) is 4.47 Å². The number of benzene rings is 2. The van der Waals surface area contributed by atoms with Crippen molar-refractivity contribution < 1.29 is 19.1 Å². The minimum absolute atomic E-state index is 0.0148. The largest absolute Gasteiger partial charge is 0.493 e. The van der Waals surface area contributed by atoms with Crippen LogP contribution >= 0.6 is 15.9 Å². The second-order valence-corrected chi connectivity index (χ2v) is 7.50. The number of methoxy groups -OCH3 is 1. The maximum atomic E-state index is 12.7. The summed E-state index contributed by atoms with van der Waals surface area (Å²) in [6.07, 6.45) is 1.64. The minimum atomic E-state index is -0.439. The van der Waals surface area contributed by atoms with Crippen LogP contribution in [0, 0.1) is 0 Å². The van der Waals surface area contributed by atoms with Crippen molar-refractivity contribution >= 4 is 33.9 Å². The summed E-state index contributed by atoms with van der Waals surface area (Å²) in [6, 6.07) is 12.4. The zero-order chi connectivity index (χ0) is 20.3. The number of rotatable bonds is 6. The van der Waals surface area contributed by atoms with E-state index < -0.39 is 6.03 Å². The standard InChI is InChI=1S/C21H21BrN2O4/c1-13(2)28-18-9-6-15(11-19(18)27-3)10-17-20(25)24(21(26)23-17)12-14-4-7-16(22)8-5-14/h4-11,13H,12H2,1-3H3,(H,23,26)/b17-10+. The zero-order valence-electron chi connectivity index (χ0n) is 15.9. The molecule has 0 aromatic heterocycles. The van der Waals surface area contributed by atoms with Crippen LogP contribution in [0.15, 0.2) is 52.6 Å². The molecule has 1 heterocycles. The Balaban J connectivity index is 1.80. The molecule has 0 radical (unpaired) electrons. The smallest absolute Gasteiger partial charge is 0.329 e. The predicted octanol–water partition coefficient (Wildman–Crippen LogP) is 4.34. The summed E-state index contributed by atoms with van der Waals surface area (Å²) >= 11 is 3.37. The van der Waals surface area contributed by atoms with Crippen molar-refractivity contribution in [3.63, 3.8) is 0 Å². The molecule has 0 bridgehead atoms. The summed E-state index contributed by atoms with van der Waals surface area (Å²) in [5.41, 5.74) is 1.81. The van der Waals surface area contributed by atoms with Crippen molar-refractivity contribution in [2.45, 2.75) is 26.5 Å². The minimum Gasteiger partial charge on any atom is -0.493 e. The summed E-state index contributed by atoms with van der Waals surface area (Å²) in [7, 11) is 1.56. The van der Waals surface area contributed by atoms with E-state index in [1.54, 1.807) is 25.3 Å². The SMILES string of the molecule is COc1cc(/C=C2/NC(=O)N(Cc3ccc(Br)cc3)C2=O)ccc1OC(C)C. The molecule has 2 aromatic rings. The predicted molar refractivity (Wildman–Crippen MR) is 110 cm³/mol. The Hall–Kier alpha value is -2.80. The number of hydrogen-bond acceptors (Lipinski definition) is 4. The average molecular weight is 445 g/mol. The van der Waals surface area contributed by atoms with Crippen molar-refractivity contribution in [3.8, 4) is 11.5 Å². The van der Waals surface area contributed by atoms with Crippen molar-refractivity contribution in [3.05, 3.63) is 63.8 Å². The highest BCUT2D eigenvalue weighted by Crippen LogP contribution is 2.30. The molecule has 3 amide bonds. The first kappa shape index (κ1) is 19.9. The van der Waals surface area contributed by atoms with E-state index in [1.807, 2.05) is 44.2 Å². The van der Waals surface area contributed by atoms with Crippen LogP contribution in [0.25, 0.3) is 6.08 Å². The van der Waals surface area contributed by atoms with Crippen molar-refractivity contribution in [2.24, 2.45) is 0 Å². The third-order valence-electron chi connectivity index (χ3n) is 4.08. The van der Waals surface area contributed by atoms with Crippen LogP contribution in [0.1, 0.15) is 25.0 Å². The molecule has 0 saturated carbocycles. The summed E-state index contributed by atoms with van der Waals surface area (Å²) in [6.45, 7) is 4.07. The maximum absolute atomic E-state index is 12.7. The lowest BCUT2D eigenvalue weighted by molar-refractivity contribution is -0.123. The van der Waals surface area contributed by atoms with Gasteiger partial charge in [-0.25, -0.2) is 4.79 Å². The number of amides is 3. The lowest BCUT2D eigenvalue weighted by Crippen LogP contribution is -2.30. The first-order chi connectivity index (χ1) is 13.4. The van der Waals surface area contributed by atoms with Gasteiger partial charge in [-0.3, -0.25) is 9.69 Å². The van der Waals surface area contributed by atoms with Gasteiger partial charge in [-0.2, -0.15) is 0 Å². The molecule has 3 rings (SSSR count). The third kappa shape index (κ3) is 4.54. The summed E-state index contributed by atoms with van der Waals surface area (Å²) in [5, 5.41) is 2.64. The third-order valence-corrected chi connectivity index (χ3v) is 4.61. The van der Waals surface area contributed by atoms with Crippen molar-refractivity contribution in [2.75, 3.05) is 7.11 Å². The first-order valence-electron chi connectivity index (χ1n) is 8.81. The Labute approximate surface area is 172 Å². The van der Waals surface area contributed by atoms with Gasteiger partial charge in [-0.05, 0) is 55.3 Å². The van der Waals surface area contributed by atoms with Gasteiger partial charge in [0.15, 0.2) is 11.5 Å². The molecule has 0 spiro atoms. The van der Waals surface area contributed by atoms with Gasteiger partial charge in [-0.15, -0.1) is 0 Å². The maximum Gasteiger partial charge on any atom is 0.329 e. The Kier molecular flexibility index (Phi) is 6.04. The number of ether oxygens (including phenoxy) is 2. The van der Waals surface area contributed by atoms with E-state index in [1.165, 1.54) is 4.90 Å². The average Bonchev–Trinajstić information content (AvgIpc) is 2.91. The number of carbonyl (C=O) groups excluding carboxylic acids is 2. The molecule has 7 heteroatoms. The van der Waals surface area contributed by atoms with E-state index in [2.05, 4.69) is 21.2 Å². The van der Waals surface area contributed by atoms with Crippen LogP contribution < -0.4 is 14.8 Å². The second-order valence-electron chi connectivity index (χ2n) is 6.58. The van der Waals surface area contributed by atoms with E-state index in [4.69, 9.17) is 9.47 Å². The van der Waals surface area contributed by atoms with Gasteiger partial charge in [0.1, 0.15) is 5.70 Å². The van der Waals surface area contributed by atoms with E-state index in [0.717, 1.165) is 15.6 Å². The fourth-order valence-electron chi connectivity index (χ4n) is 2.78. The summed E-state index contributed by atoms with van der Waals surface area (Å²) in [4.78, 5) is 26.1. The first-order valence-corrected chi connectivity index (χ1v) is 9.60. The number of nitrogens with one attached hydrogen (secondary N) is 1. The summed E-state index contributed by atoms with van der Waals surface area (Å²) in [5.74, 6) is 0.819. The van der Waals surface area contributed by atoms with Crippen LogP contribution in [-0.2, 0) is 11.3 Å². The molecule has 6 nitrogen and oxygen atoms in total. The normalized spacial score (nSPS) is 15.3. The van der Waals surface area contributed by atoms with Gasteiger partial charge in [0.25, 0.3) is 5.91 Å². The highest BCUT2D eigenvalue weighted by molar-refractivity contribution is 9.10. The van der Waals surface area contributed by atoms with Gasteiger partial charge >= 0.3 is 6.03 Å². The van der Waals surface area contributed by atoms with Gasteiger partial charge in [0.05, 0.1) is 19.8 Å². The quantitative estimate of drug-likeness (QED) is 0.531. The molecule has 1 aliphatic heterocycles. The molecule has 2 aromatic carbocycles. The number of imide groups is 1. The molecule has 0 unspecified atom stereocenters. The number of halogens is 1. The van der Waals surface area contributed by atoms with Gasteiger partial charge < -0.3 is 14.8 Å². The molecule has 146 valence electrons. The van der Waals surface area contributed by atoms with Crippen molar-refractivity contribution in [1.29, 1.82) is 0 Å². The summed E-state index contributed by atoms with van der Waals surface area (Å²) < 4.78 is 12.0. The number of urea groups is 1. The molecular weight excluding hydrogens is 424 g/mol. The molecule has 0 atom stereocenters. The van der Waals surface area contributed by atoms with Crippen LogP contribution in [0.2, 0.25) is 0 Å². The zero-order valence-corrected chi connectivity index (χ0v) is 17.4. The topological polar surface area (TPSA) is 67.9 Å². The molecule has 1 fully saturated rings. The van der Waals surface area contributed by atoms with E-state index >= 15 is 0 Å². The van der Waals surface area contributed by atoms with Crippen LogP contribution in [-0.4, -0.2) is 30.1 Å². The molecule has 1 aliphatic rings. The lowest BCUT2D eigenvalue weighted by atomic mass is 10.1. The monoisotopic (exact) mass is 444 g/mol. The Morgan fingerprint density at radius 2 is 1.82 bits per heavy atom. The Bertz CT molecular complexity index is 923. The van der Waals surface area contributed by atoms with Crippen LogP contribution in [0.4, 0.5) is 4.79 Å². The van der Waals surface area contributed by atoms with E-state index in [9.17, 15) is 9.59 Å². The van der Waals surface area contributed by atoms with Crippen molar-refractivity contribution in [1.82, 2.24) is 10.2 Å². The fraction of sp³-hybridized carbons (Fsp3) is 0.238. The molecule has 28 heavy (non-hydrogen) atoms. The molecular formula is C21H21BrN2O4. The molecule has 0 aliphatic carbocycles. The molecule has 1 saturated heterocycles. The van der Waals surface area contributed by atoms with Gasteiger partial charge in [-0.1, -0.05) is 34.1 Å². The Morgan fingerprint density at radius 1 is 1.11 bits per heavy atom. The fourth-order valence-corrected chi connectivity index (χ4v) is 3.04. The van der Waals surface area contributed by atoms with E-state index in [0.29, 0.717) is 11.5 Å². The molecule has 1 N–H and O–H groups in total. The highest BCUT2D eigenvalue weighted by Gasteiger charge is 2.33. The highest BCUT2D eigenvalue weighted by atomic mass is 79.9. The lowest BCUT2D eigenvalue weighted by Gasteiger charge is -2.14. The van der Waals surface area contributed by atoms with Crippen LogP contribution in [0.3, 0.4) is 0 Å². The number of hydrogen-bond donors (Lipinski definition) is 1. The number of nitrogens with zero attached hydrogens (tertiary/aromatic N) is 1. The van der Waals surface area contributed by atoms with Crippen LogP contribution in [0.5, 0.6) is 11.5 Å². The van der Waals surface area contributed by atoms with Gasteiger partial charge in [0.2, 0.25) is 0 Å². The second kappa shape index (κ2) is 8.48. The number of carbonyl (C=O) groups is 2. The van der Waals surface area contributed by atoms with E-state index in [-0.39, 0.29) is 24.3 Å².